The number of nitrogens with one attached hydrogen (secondary N) is 1. The average molecular weight is 392 g/mol. The Kier molecular flexibility index (Phi) is 5.24. The maximum Gasteiger partial charge on any atom is 0.262 e. The smallest absolute Gasteiger partial charge is 0.262 e. The van der Waals surface area contributed by atoms with E-state index < -0.39 is 15.8 Å². The van der Waals surface area contributed by atoms with Gasteiger partial charge in [0.2, 0.25) is 0 Å². The number of aryl methyl sites for hydroxylation is 1. The summed E-state index contributed by atoms with van der Waals surface area (Å²) in [4.78, 5) is 4.22. The molecule has 0 unspecified atom stereocenters. The first-order chi connectivity index (χ1) is 12.4. The van der Waals surface area contributed by atoms with Gasteiger partial charge in [0.05, 0.1) is 22.2 Å². The van der Waals surface area contributed by atoms with E-state index in [4.69, 9.17) is 4.74 Å². The van der Waals surface area contributed by atoms with E-state index in [9.17, 15) is 12.8 Å². The van der Waals surface area contributed by atoms with Crippen LogP contribution in [0.3, 0.4) is 0 Å². The normalized spacial score (nSPS) is 11.3. The lowest BCUT2D eigenvalue weighted by Crippen LogP contribution is -2.13. The molecule has 0 aliphatic carbocycles. The largest absolute Gasteiger partial charge is 0.491 e. The fraction of sp³-hybridized carbons (Fsp3) is 0.167. The Morgan fingerprint density at radius 3 is 2.69 bits per heavy atom. The van der Waals surface area contributed by atoms with Gasteiger partial charge in [0, 0.05) is 16.6 Å². The summed E-state index contributed by atoms with van der Waals surface area (Å²) in [7, 11) is -3.92. The van der Waals surface area contributed by atoms with Crippen LogP contribution in [0.5, 0.6) is 5.75 Å². The van der Waals surface area contributed by atoms with Gasteiger partial charge in [0.1, 0.15) is 0 Å². The Hall–Kier alpha value is -2.45. The number of aromatic nitrogens is 1. The molecule has 1 N–H and O–H groups in total. The van der Waals surface area contributed by atoms with Crippen LogP contribution in [0.1, 0.15) is 11.9 Å². The molecule has 0 atom stereocenters. The van der Waals surface area contributed by atoms with Crippen molar-refractivity contribution in [3.8, 4) is 17.0 Å². The van der Waals surface area contributed by atoms with Crippen molar-refractivity contribution in [3.63, 3.8) is 0 Å². The number of sulfonamides is 1. The summed E-state index contributed by atoms with van der Waals surface area (Å²) in [5, 5.41) is 2.83. The predicted molar refractivity (Wildman–Crippen MR) is 101 cm³/mol. The second kappa shape index (κ2) is 7.43. The number of anilines is 1. The number of hydrogen-bond acceptors (Lipinski definition) is 5. The number of nitrogens with zero attached hydrogens (tertiary/aromatic N) is 1. The number of ether oxygens (including phenoxy) is 1. The van der Waals surface area contributed by atoms with Gasteiger partial charge in [-0.2, -0.15) is 0 Å². The maximum atomic E-state index is 14.0. The van der Waals surface area contributed by atoms with Crippen LogP contribution in [0.4, 0.5) is 10.1 Å². The molecule has 3 rings (SSSR count). The lowest BCUT2D eigenvalue weighted by atomic mass is 10.1. The lowest BCUT2D eigenvalue weighted by Gasteiger charge is -2.10. The van der Waals surface area contributed by atoms with E-state index in [1.165, 1.54) is 23.5 Å². The first kappa shape index (κ1) is 18.3. The minimum Gasteiger partial charge on any atom is -0.491 e. The maximum absolute atomic E-state index is 14.0. The van der Waals surface area contributed by atoms with Crippen LogP contribution >= 0.6 is 11.3 Å². The molecule has 0 saturated carbocycles. The monoisotopic (exact) mass is 392 g/mol. The van der Waals surface area contributed by atoms with Gasteiger partial charge >= 0.3 is 0 Å². The van der Waals surface area contributed by atoms with Crippen LogP contribution in [0.15, 0.2) is 52.7 Å². The molecule has 1 aromatic heterocycles. The number of thiazole rings is 1. The minimum atomic E-state index is -3.92. The summed E-state index contributed by atoms with van der Waals surface area (Å²) in [6.45, 7) is 3.92. The van der Waals surface area contributed by atoms with Crippen LogP contribution in [-0.2, 0) is 10.0 Å². The molecule has 0 saturated heterocycles. The van der Waals surface area contributed by atoms with Gasteiger partial charge in [-0.15, -0.1) is 11.3 Å². The third-order valence-corrected chi connectivity index (χ3v) is 5.70. The van der Waals surface area contributed by atoms with Crippen molar-refractivity contribution in [3.05, 3.63) is 58.7 Å². The molecule has 8 heteroatoms. The van der Waals surface area contributed by atoms with Gasteiger partial charge in [-0.25, -0.2) is 17.8 Å². The fourth-order valence-electron chi connectivity index (χ4n) is 2.37. The molecule has 0 radical (unpaired) electrons. The average Bonchev–Trinajstić information content (AvgIpc) is 3.03. The van der Waals surface area contributed by atoms with Gasteiger partial charge in [-0.3, -0.25) is 4.72 Å². The molecule has 0 bridgehead atoms. The van der Waals surface area contributed by atoms with Gasteiger partial charge in [0.25, 0.3) is 10.0 Å². The SMILES string of the molecule is CCOc1ccc(S(=O)(=O)Nc2cccc(-c3csc(C)n3)c2)cc1F. The first-order valence-electron chi connectivity index (χ1n) is 7.87. The zero-order chi connectivity index (χ0) is 18.7. The molecule has 0 aliphatic rings. The molecule has 136 valence electrons. The Bertz CT molecular complexity index is 1030. The molecular formula is C18H17FN2O3S2. The van der Waals surface area contributed by atoms with E-state index in [-0.39, 0.29) is 10.6 Å². The highest BCUT2D eigenvalue weighted by atomic mass is 32.2. The number of rotatable bonds is 6. The molecule has 5 nitrogen and oxygen atoms in total. The van der Waals surface area contributed by atoms with Crippen LogP contribution in [0, 0.1) is 12.7 Å². The van der Waals surface area contributed by atoms with Crippen LogP contribution in [-0.4, -0.2) is 20.0 Å². The summed E-state index contributed by atoms with van der Waals surface area (Å²) in [6.07, 6.45) is 0. The summed E-state index contributed by atoms with van der Waals surface area (Å²) in [5.41, 5.74) is 1.95. The van der Waals surface area contributed by atoms with Crippen LogP contribution < -0.4 is 9.46 Å². The summed E-state index contributed by atoms with van der Waals surface area (Å²) in [5.74, 6) is -0.700. The molecule has 2 aromatic carbocycles. The van der Waals surface area contributed by atoms with Gasteiger partial charge in [-0.1, -0.05) is 12.1 Å². The summed E-state index contributed by atoms with van der Waals surface area (Å²) < 4.78 is 46.6. The highest BCUT2D eigenvalue weighted by molar-refractivity contribution is 7.92. The number of hydrogen-bond donors (Lipinski definition) is 1. The summed E-state index contributed by atoms with van der Waals surface area (Å²) in [6, 6.07) is 10.5. The lowest BCUT2D eigenvalue weighted by molar-refractivity contribution is 0.321. The van der Waals surface area contributed by atoms with Crippen molar-refractivity contribution in [2.75, 3.05) is 11.3 Å². The highest BCUT2D eigenvalue weighted by Crippen LogP contribution is 2.26. The van der Waals surface area contributed by atoms with E-state index in [0.29, 0.717) is 12.3 Å². The van der Waals surface area contributed by atoms with Crippen molar-refractivity contribution in [1.29, 1.82) is 0 Å². The van der Waals surface area contributed by atoms with E-state index >= 15 is 0 Å². The van der Waals surface area contributed by atoms with E-state index in [1.54, 1.807) is 25.1 Å². The fourth-order valence-corrected chi connectivity index (χ4v) is 4.06. The van der Waals surface area contributed by atoms with Crippen molar-refractivity contribution in [2.45, 2.75) is 18.7 Å². The first-order valence-corrected chi connectivity index (χ1v) is 10.2. The van der Waals surface area contributed by atoms with Crippen molar-refractivity contribution in [1.82, 2.24) is 4.98 Å². The van der Waals surface area contributed by atoms with Crippen molar-refractivity contribution < 1.29 is 17.5 Å². The van der Waals surface area contributed by atoms with Crippen molar-refractivity contribution >= 4 is 27.0 Å². The third-order valence-electron chi connectivity index (χ3n) is 3.54. The van der Waals surface area contributed by atoms with Crippen LogP contribution in [0.2, 0.25) is 0 Å². The van der Waals surface area contributed by atoms with Crippen molar-refractivity contribution in [2.24, 2.45) is 0 Å². The standard InChI is InChI=1S/C18H17FN2O3S2/c1-3-24-18-8-7-15(10-16(18)19)26(22,23)21-14-6-4-5-13(9-14)17-11-25-12(2)20-17/h4-11,21H,3H2,1-2H3. The summed E-state index contributed by atoms with van der Waals surface area (Å²) >= 11 is 1.52. The molecule has 0 amide bonds. The third kappa shape index (κ3) is 4.03. The Morgan fingerprint density at radius 2 is 2.04 bits per heavy atom. The quantitative estimate of drug-likeness (QED) is 0.673. The molecule has 0 fully saturated rings. The molecule has 0 spiro atoms. The second-order valence-corrected chi connectivity index (χ2v) is 8.21. The molecule has 3 aromatic rings. The van der Waals surface area contributed by atoms with Crippen LogP contribution in [0.25, 0.3) is 11.3 Å². The molecule has 0 aliphatic heterocycles. The predicted octanol–water partition coefficient (Wildman–Crippen LogP) is 4.46. The zero-order valence-electron chi connectivity index (χ0n) is 14.2. The van der Waals surface area contributed by atoms with E-state index in [2.05, 4.69) is 9.71 Å². The minimum absolute atomic E-state index is 0.0207. The molecule has 26 heavy (non-hydrogen) atoms. The van der Waals surface area contributed by atoms with E-state index in [0.717, 1.165) is 22.3 Å². The zero-order valence-corrected chi connectivity index (χ0v) is 15.8. The molecule has 1 heterocycles. The topological polar surface area (TPSA) is 68.3 Å². The Labute approximate surface area is 155 Å². The highest BCUT2D eigenvalue weighted by Gasteiger charge is 2.17. The Balaban J connectivity index is 1.87. The molecular weight excluding hydrogens is 375 g/mol. The second-order valence-electron chi connectivity index (χ2n) is 5.46. The Morgan fingerprint density at radius 1 is 1.23 bits per heavy atom. The van der Waals surface area contributed by atoms with Gasteiger partial charge in [0.15, 0.2) is 11.6 Å². The van der Waals surface area contributed by atoms with Gasteiger partial charge < -0.3 is 4.74 Å². The van der Waals surface area contributed by atoms with Gasteiger partial charge in [-0.05, 0) is 44.2 Å². The van der Waals surface area contributed by atoms with E-state index in [1.807, 2.05) is 18.4 Å². The number of benzene rings is 2. The number of halogens is 1.